The summed E-state index contributed by atoms with van der Waals surface area (Å²) in [7, 11) is 0. The van der Waals surface area contributed by atoms with Crippen LogP contribution in [0.3, 0.4) is 0 Å². The lowest BCUT2D eigenvalue weighted by molar-refractivity contribution is 0.0519. The fourth-order valence-corrected chi connectivity index (χ4v) is 1.84. The van der Waals surface area contributed by atoms with Crippen LogP contribution in [0.25, 0.3) is 0 Å². The number of carbonyl (C=O) groups excluding carboxylic acids is 1. The zero-order valence-corrected chi connectivity index (χ0v) is 13.9. The quantitative estimate of drug-likeness (QED) is 0.753. The Morgan fingerprint density at radius 2 is 2.10 bits per heavy atom. The summed E-state index contributed by atoms with van der Waals surface area (Å²) in [6, 6.07) is 0.161. The van der Waals surface area contributed by atoms with Crippen molar-refractivity contribution in [2.45, 2.75) is 59.7 Å². The second kappa shape index (κ2) is 7.45. The zero-order valence-electron chi connectivity index (χ0n) is 13.9. The van der Waals surface area contributed by atoms with Gasteiger partial charge in [-0.15, -0.1) is 0 Å². The summed E-state index contributed by atoms with van der Waals surface area (Å²) in [5.41, 5.74) is 1.58. The van der Waals surface area contributed by atoms with Crippen molar-refractivity contribution in [3.8, 4) is 0 Å². The van der Waals surface area contributed by atoms with Crippen LogP contribution in [0, 0.1) is 12.8 Å². The second-order valence-corrected chi connectivity index (χ2v) is 6.59. The number of imidazole rings is 1. The van der Waals surface area contributed by atoms with Crippen LogP contribution in [0.2, 0.25) is 0 Å². The molecule has 1 aromatic heterocycles. The summed E-state index contributed by atoms with van der Waals surface area (Å²) in [6.07, 6.45) is 1.31. The Morgan fingerprint density at radius 3 is 2.57 bits per heavy atom. The normalized spacial score (nSPS) is 13.3. The van der Waals surface area contributed by atoms with Gasteiger partial charge in [0.1, 0.15) is 5.60 Å². The van der Waals surface area contributed by atoms with E-state index >= 15 is 0 Å². The molecule has 1 unspecified atom stereocenters. The molecule has 0 saturated carbocycles. The molecule has 0 radical (unpaired) electrons. The van der Waals surface area contributed by atoms with E-state index in [0.29, 0.717) is 19.0 Å². The Labute approximate surface area is 127 Å². The molecule has 1 rings (SSSR count). The number of nitrogens with one attached hydrogen (secondary N) is 3. The standard InChI is InChI=1S/C15H28N4O2/c1-10(2)12(7-17-14(20)21-15(4,5)6)16-8-13-11(3)18-9-19-13/h9-10,12,16H,7-8H2,1-6H3,(H,17,20)(H,18,19). The number of hydrogen-bond donors (Lipinski definition) is 3. The molecule has 6 heteroatoms. The van der Waals surface area contributed by atoms with E-state index in [1.807, 2.05) is 27.7 Å². The maximum Gasteiger partial charge on any atom is 0.407 e. The topological polar surface area (TPSA) is 79.0 Å². The molecule has 1 atom stereocenters. The van der Waals surface area contributed by atoms with Crippen molar-refractivity contribution in [2.75, 3.05) is 6.54 Å². The minimum absolute atomic E-state index is 0.161. The van der Waals surface area contributed by atoms with Gasteiger partial charge in [-0.25, -0.2) is 9.78 Å². The van der Waals surface area contributed by atoms with Crippen molar-refractivity contribution in [3.63, 3.8) is 0 Å². The number of amides is 1. The number of aryl methyl sites for hydroxylation is 1. The molecule has 0 aliphatic rings. The zero-order chi connectivity index (χ0) is 16.0. The van der Waals surface area contributed by atoms with Crippen LogP contribution in [0.1, 0.15) is 46.0 Å². The predicted octanol–water partition coefficient (Wildman–Crippen LogP) is 2.36. The van der Waals surface area contributed by atoms with Crippen LogP contribution in [0.5, 0.6) is 0 Å². The van der Waals surface area contributed by atoms with E-state index in [4.69, 9.17) is 4.74 Å². The van der Waals surface area contributed by atoms with Gasteiger partial charge in [0.15, 0.2) is 0 Å². The first-order valence-electron chi connectivity index (χ1n) is 7.38. The average Bonchev–Trinajstić information content (AvgIpc) is 2.72. The van der Waals surface area contributed by atoms with E-state index in [0.717, 1.165) is 11.4 Å². The molecule has 21 heavy (non-hydrogen) atoms. The number of aromatic amines is 1. The maximum atomic E-state index is 11.7. The van der Waals surface area contributed by atoms with Crippen LogP contribution < -0.4 is 10.6 Å². The van der Waals surface area contributed by atoms with E-state index in [1.165, 1.54) is 0 Å². The summed E-state index contributed by atoms with van der Waals surface area (Å²) in [5.74, 6) is 0.388. The minimum Gasteiger partial charge on any atom is -0.444 e. The number of H-pyrrole nitrogens is 1. The van der Waals surface area contributed by atoms with Gasteiger partial charge in [0.25, 0.3) is 0 Å². The summed E-state index contributed by atoms with van der Waals surface area (Å²) < 4.78 is 5.24. The van der Waals surface area contributed by atoms with E-state index in [9.17, 15) is 4.79 Å². The predicted molar refractivity (Wildman–Crippen MR) is 83.0 cm³/mol. The SMILES string of the molecule is Cc1[nH]cnc1CNC(CNC(=O)OC(C)(C)C)C(C)C. The average molecular weight is 296 g/mol. The lowest BCUT2D eigenvalue weighted by atomic mass is 10.0. The van der Waals surface area contributed by atoms with Gasteiger partial charge < -0.3 is 20.4 Å². The van der Waals surface area contributed by atoms with Crippen molar-refractivity contribution >= 4 is 6.09 Å². The number of rotatable bonds is 6. The summed E-state index contributed by atoms with van der Waals surface area (Å²) in [5, 5.41) is 6.24. The highest BCUT2D eigenvalue weighted by Gasteiger charge is 2.19. The molecule has 1 aromatic rings. The van der Waals surface area contributed by atoms with Crippen LogP contribution in [-0.4, -0.2) is 34.2 Å². The number of alkyl carbamates (subject to hydrolysis) is 1. The molecule has 6 nitrogen and oxygen atoms in total. The molecule has 0 fully saturated rings. The lowest BCUT2D eigenvalue weighted by Gasteiger charge is -2.24. The molecule has 0 spiro atoms. The smallest absolute Gasteiger partial charge is 0.407 e. The summed E-state index contributed by atoms with van der Waals surface area (Å²) in [4.78, 5) is 19.0. The van der Waals surface area contributed by atoms with Crippen molar-refractivity contribution in [1.29, 1.82) is 0 Å². The molecule has 120 valence electrons. The Kier molecular flexibility index (Phi) is 6.20. The Hall–Kier alpha value is -1.56. The van der Waals surface area contributed by atoms with Gasteiger partial charge >= 0.3 is 6.09 Å². The number of hydrogen-bond acceptors (Lipinski definition) is 4. The summed E-state index contributed by atoms with van der Waals surface area (Å²) in [6.45, 7) is 13.0. The first kappa shape index (κ1) is 17.5. The van der Waals surface area contributed by atoms with E-state index in [2.05, 4.69) is 34.4 Å². The number of ether oxygens (including phenoxy) is 1. The minimum atomic E-state index is -0.475. The first-order valence-corrected chi connectivity index (χ1v) is 7.38. The number of nitrogens with zero attached hydrogens (tertiary/aromatic N) is 1. The Morgan fingerprint density at radius 1 is 1.43 bits per heavy atom. The van der Waals surface area contributed by atoms with Gasteiger partial charge in [0, 0.05) is 24.8 Å². The third-order valence-electron chi connectivity index (χ3n) is 3.14. The highest BCUT2D eigenvalue weighted by molar-refractivity contribution is 5.67. The molecule has 0 saturated heterocycles. The molecular weight excluding hydrogens is 268 g/mol. The van der Waals surface area contributed by atoms with E-state index in [-0.39, 0.29) is 12.1 Å². The van der Waals surface area contributed by atoms with Crippen LogP contribution >= 0.6 is 0 Å². The first-order chi connectivity index (χ1) is 9.69. The lowest BCUT2D eigenvalue weighted by Crippen LogP contribution is -2.45. The van der Waals surface area contributed by atoms with Gasteiger partial charge in [-0.05, 0) is 33.6 Å². The van der Waals surface area contributed by atoms with Crippen molar-refractivity contribution < 1.29 is 9.53 Å². The Bertz CT molecular complexity index is 449. The molecule has 0 aliphatic heterocycles. The Balaban J connectivity index is 2.43. The number of aromatic nitrogens is 2. The van der Waals surface area contributed by atoms with Crippen molar-refractivity contribution in [1.82, 2.24) is 20.6 Å². The number of carbonyl (C=O) groups is 1. The van der Waals surface area contributed by atoms with Gasteiger partial charge in [-0.3, -0.25) is 0 Å². The van der Waals surface area contributed by atoms with E-state index < -0.39 is 5.60 Å². The molecule has 3 N–H and O–H groups in total. The molecule has 0 aromatic carbocycles. The molecule has 0 aliphatic carbocycles. The molecular formula is C15H28N4O2. The fourth-order valence-electron chi connectivity index (χ4n) is 1.84. The second-order valence-electron chi connectivity index (χ2n) is 6.59. The van der Waals surface area contributed by atoms with Crippen molar-refractivity contribution in [3.05, 3.63) is 17.7 Å². The van der Waals surface area contributed by atoms with Gasteiger partial charge in [0.2, 0.25) is 0 Å². The third kappa shape index (κ3) is 6.62. The maximum absolute atomic E-state index is 11.7. The van der Waals surface area contributed by atoms with Gasteiger partial charge in [0.05, 0.1) is 12.0 Å². The van der Waals surface area contributed by atoms with Crippen LogP contribution in [0.4, 0.5) is 4.79 Å². The molecule has 0 bridgehead atoms. The largest absolute Gasteiger partial charge is 0.444 e. The molecule has 1 amide bonds. The third-order valence-corrected chi connectivity index (χ3v) is 3.14. The van der Waals surface area contributed by atoms with Gasteiger partial charge in [-0.2, -0.15) is 0 Å². The van der Waals surface area contributed by atoms with Crippen LogP contribution in [0.15, 0.2) is 6.33 Å². The fraction of sp³-hybridized carbons (Fsp3) is 0.733. The van der Waals surface area contributed by atoms with Gasteiger partial charge in [-0.1, -0.05) is 13.8 Å². The van der Waals surface area contributed by atoms with Crippen molar-refractivity contribution in [2.24, 2.45) is 5.92 Å². The monoisotopic (exact) mass is 296 g/mol. The highest BCUT2D eigenvalue weighted by Crippen LogP contribution is 2.08. The summed E-state index contributed by atoms with van der Waals surface area (Å²) >= 11 is 0. The molecule has 1 heterocycles. The highest BCUT2D eigenvalue weighted by atomic mass is 16.6. The van der Waals surface area contributed by atoms with E-state index in [1.54, 1.807) is 6.33 Å². The van der Waals surface area contributed by atoms with Crippen LogP contribution in [-0.2, 0) is 11.3 Å².